The molecule has 0 atom stereocenters. The van der Waals surface area contributed by atoms with Crippen molar-refractivity contribution in [1.82, 2.24) is 29.5 Å². The monoisotopic (exact) mass is 805 g/mol. The molecule has 0 amide bonds. The van der Waals surface area contributed by atoms with Gasteiger partial charge in [-0.1, -0.05) is 170 Å². The highest BCUT2D eigenvalue weighted by molar-refractivity contribution is 6.11. The quantitative estimate of drug-likeness (QED) is 0.152. The van der Waals surface area contributed by atoms with E-state index >= 15 is 0 Å². The Morgan fingerprint density at radius 2 is 0.825 bits per heavy atom. The lowest BCUT2D eigenvalue weighted by Gasteiger charge is -2.17. The van der Waals surface area contributed by atoms with Gasteiger partial charge in [-0.15, -0.1) is 0 Å². The summed E-state index contributed by atoms with van der Waals surface area (Å²) >= 11 is 0. The molecule has 0 fully saturated rings. The van der Waals surface area contributed by atoms with Crippen LogP contribution in [-0.4, -0.2) is 29.5 Å². The third kappa shape index (κ3) is 6.98. The standard InChI is InChI=1S/C56H35N7/c57-36-43-25-13-14-26-44(43)41-29-31-46-45-27-15-16-28-50(45)63(52(46)34-41)51-32-30-42(55-58-48(37-17-5-1-6-18-37)35-49(59-55)38-19-7-2-8-20-38)33-47(51)56-61-53(39-21-9-3-10-22-39)60-54(62-56)40-23-11-4-12-24-40/h1-35H. The Bertz CT molecular complexity index is 3390. The molecule has 0 aliphatic carbocycles. The van der Waals surface area contributed by atoms with Crippen LogP contribution in [0.3, 0.4) is 0 Å². The van der Waals surface area contributed by atoms with E-state index in [-0.39, 0.29) is 0 Å². The molecule has 0 aliphatic heterocycles. The fraction of sp³-hybridized carbons (Fsp3) is 0. The average molecular weight is 806 g/mol. The summed E-state index contributed by atoms with van der Waals surface area (Å²) < 4.78 is 2.28. The maximum atomic E-state index is 10.1. The molecule has 11 rings (SSSR count). The van der Waals surface area contributed by atoms with Gasteiger partial charge in [-0.3, -0.25) is 0 Å². The van der Waals surface area contributed by atoms with Gasteiger partial charge in [0.25, 0.3) is 0 Å². The van der Waals surface area contributed by atoms with Gasteiger partial charge in [0.1, 0.15) is 0 Å². The van der Waals surface area contributed by atoms with Crippen LogP contribution in [0.2, 0.25) is 0 Å². The van der Waals surface area contributed by atoms with Crippen molar-refractivity contribution < 1.29 is 0 Å². The largest absolute Gasteiger partial charge is 0.308 e. The molecule has 0 radical (unpaired) electrons. The van der Waals surface area contributed by atoms with E-state index in [0.29, 0.717) is 28.9 Å². The Kier molecular flexibility index (Phi) is 9.41. The zero-order valence-corrected chi connectivity index (χ0v) is 33.8. The Morgan fingerprint density at radius 3 is 1.44 bits per heavy atom. The van der Waals surface area contributed by atoms with Gasteiger partial charge >= 0.3 is 0 Å². The first-order valence-electron chi connectivity index (χ1n) is 20.7. The third-order valence-electron chi connectivity index (χ3n) is 11.3. The number of benzene rings is 8. The molecule has 7 nitrogen and oxygen atoms in total. The number of nitrogens with zero attached hydrogens (tertiary/aromatic N) is 7. The predicted molar refractivity (Wildman–Crippen MR) is 253 cm³/mol. The van der Waals surface area contributed by atoms with E-state index in [1.165, 1.54) is 0 Å². The van der Waals surface area contributed by atoms with Crippen molar-refractivity contribution in [3.8, 4) is 90.9 Å². The first-order chi connectivity index (χ1) is 31.2. The van der Waals surface area contributed by atoms with Crippen molar-refractivity contribution in [3.05, 3.63) is 218 Å². The van der Waals surface area contributed by atoms with Crippen molar-refractivity contribution in [2.45, 2.75) is 0 Å². The van der Waals surface area contributed by atoms with Crippen molar-refractivity contribution in [1.29, 1.82) is 5.26 Å². The highest BCUT2D eigenvalue weighted by atomic mass is 15.1. The second kappa shape index (κ2) is 16.0. The van der Waals surface area contributed by atoms with Gasteiger partial charge in [-0.25, -0.2) is 24.9 Å². The maximum absolute atomic E-state index is 10.1. The number of rotatable bonds is 8. The first kappa shape index (κ1) is 37.2. The van der Waals surface area contributed by atoms with Gasteiger partial charge in [-0.2, -0.15) is 5.26 Å². The van der Waals surface area contributed by atoms with Gasteiger partial charge in [0.05, 0.1) is 39.7 Å². The number of nitriles is 1. The summed E-state index contributed by atoms with van der Waals surface area (Å²) in [7, 11) is 0. The summed E-state index contributed by atoms with van der Waals surface area (Å²) in [5.74, 6) is 2.18. The van der Waals surface area contributed by atoms with Gasteiger partial charge in [0.2, 0.25) is 0 Å². The summed E-state index contributed by atoms with van der Waals surface area (Å²) in [5.41, 5.74) is 12.2. The Labute approximate surface area is 364 Å². The summed E-state index contributed by atoms with van der Waals surface area (Å²) in [6.45, 7) is 0. The summed E-state index contributed by atoms with van der Waals surface area (Å²) in [4.78, 5) is 26.0. The minimum absolute atomic E-state index is 0.499. The molecule has 63 heavy (non-hydrogen) atoms. The predicted octanol–water partition coefficient (Wildman–Crippen LogP) is 13.3. The Morgan fingerprint density at radius 1 is 0.333 bits per heavy atom. The summed E-state index contributed by atoms with van der Waals surface area (Å²) in [5, 5.41) is 12.3. The lowest BCUT2D eigenvalue weighted by Crippen LogP contribution is -2.04. The van der Waals surface area contributed by atoms with Crippen LogP contribution >= 0.6 is 0 Å². The molecule has 0 bridgehead atoms. The van der Waals surface area contributed by atoms with Crippen LogP contribution < -0.4 is 0 Å². The lowest BCUT2D eigenvalue weighted by atomic mass is 9.99. The smallest absolute Gasteiger partial charge is 0.166 e. The topological polar surface area (TPSA) is 93.2 Å². The third-order valence-corrected chi connectivity index (χ3v) is 11.3. The lowest BCUT2D eigenvalue weighted by molar-refractivity contribution is 1.06. The second-order valence-corrected chi connectivity index (χ2v) is 15.2. The molecular formula is C56H35N7. The highest BCUT2D eigenvalue weighted by Gasteiger charge is 2.22. The van der Waals surface area contributed by atoms with E-state index in [0.717, 1.165) is 83.4 Å². The van der Waals surface area contributed by atoms with Gasteiger partial charge in [0, 0.05) is 44.2 Å². The van der Waals surface area contributed by atoms with Crippen LogP contribution in [0.15, 0.2) is 212 Å². The molecule has 0 N–H and O–H groups in total. The van der Waals surface area contributed by atoms with Crippen LogP contribution in [0.5, 0.6) is 0 Å². The maximum Gasteiger partial charge on any atom is 0.166 e. The number of fused-ring (bicyclic) bond motifs is 3. The van der Waals surface area contributed by atoms with E-state index in [1.54, 1.807) is 0 Å². The second-order valence-electron chi connectivity index (χ2n) is 15.2. The molecule has 294 valence electrons. The Hall–Kier alpha value is -8.86. The number of aromatic nitrogens is 6. The number of hydrogen-bond donors (Lipinski definition) is 0. The molecule has 3 heterocycles. The fourth-order valence-electron chi connectivity index (χ4n) is 8.30. The Balaban J connectivity index is 1.21. The van der Waals surface area contributed by atoms with Crippen molar-refractivity contribution >= 4 is 21.8 Å². The van der Waals surface area contributed by atoms with E-state index in [9.17, 15) is 5.26 Å². The molecule has 8 aromatic carbocycles. The van der Waals surface area contributed by atoms with Crippen molar-refractivity contribution in [2.75, 3.05) is 0 Å². The number of para-hydroxylation sites is 1. The molecular weight excluding hydrogens is 771 g/mol. The summed E-state index contributed by atoms with van der Waals surface area (Å²) in [6, 6.07) is 73.8. The molecule has 0 spiro atoms. The van der Waals surface area contributed by atoms with E-state index in [1.807, 2.05) is 127 Å². The normalized spacial score (nSPS) is 11.2. The van der Waals surface area contributed by atoms with E-state index in [2.05, 4.69) is 95.6 Å². The summed E-state index contributed by atoms with van der Waals surface area (Å²) in [6.07, 6.45) is 0. The first-order valence-corrected chi connectivity index (χ1v) is 20.7. The molecule has 0 unspecified atom stereocenters. The molecule has 0 saturated carbocycles. The van der Waals surface area contributed by atoms with Gasteiger partial charge < -0.3 is 4.57 Å². The van der Waals surface area contributed by atoms with Crippen LogP contribution in [-0.2, 0) is 0 Å². The zero-order valence-electron chi connectivity index (χ0n) is 33.8. The minimum Gasteiger partial charge on any atom is -0.308 e. The molecule has 11 aromatic rings. The molecule has 0 saturated heterocycles. The minimum atomic E-state index is 0.499. The van der Waals surface area contributed by atoms with Crippen LogP contribution in [0.25, 0.3) is 107 Å². The zero-order chi connectivity index (χ0) is 42.1. The van der Waals surface area contributed by atoms with Gasteiger partial charge in [-0.05, 0) is 53.6 Å². The van der Waals surface area contributed by atoms with E-state index in [4.69, 9.17) is 24.9 Å². The number of hydrogen-bond acceptors (Lipinski definition) is 6. The SMILES string of the molecule is N#Cc1ccccc1-c1ccc2c3ccccc3n(-c3ccc(-c4nc(-c5ccccc5)cc(-c5ccccc5)n4)cc3-c3nc(-c4ccccc4)nc(-c4ccccc4)n3)c2c1. The molecule has 0 aliphatic rings. The van der Waals surface area contributed by atoms with Crippen LogP contribution in [0.4, 0.5) is 0 Å². The van der Waals surface area contributed by atoms with Crippen LogP contribution in [0.1, 0.15) is 5.56 Å². The van der Waals surface area contributed by atoms with E-state index < -0.39 is 0 Å². The van der Waals surface area contributed by atoms with Crippen LogP contribution in [0, 0.1) is 11.3 Å². The molecule has 3 aromatic heterocycles. The highest BCUT2D eigenvalue weighted by Crippen LogP contribution is 2.40. The average Bonchev–Trinajstić information content (AvgIpc) is 3.70. The van der Waals surface area contributed by atoms with Gasteiger partial charge in [0.15, 0.2) is 23.3 Å². The van der Waals surface area contributed by atoms with Crippen molar-refractivity contribution in [2.24, 2.45) is 0 Å². The fourth-order valence-corrected chi connectivity index (χ4v) is 8.30. The molecule has 7 heteroatoms. The van der Waals surface area contributed by atoms with Crippen molar-refractivity contribution in [3.63, 3.8) is 0 Å².